The highest BCUT2D eigenvalue weighted by atomic mass is 32.2. The number of aromatic amines is 1. The van der Waals surface area contributed by atoms with Crippen LogP contribution in [0, 0.1) is 0 Å². The van der Waals surface area contributed by atoms with Crippen LogP contribution in [0.4, 0.5) is 0 Å². The minimum Gasteiger partial charge on any atom is -0.299 e. The van der Waals surface area contributed by atoms with Gasteiger partial charge in [0, 0.05) is 11.8 Å². The first-order chi connectivity index (χ1) is 7.73. The molecule has 1 saturated heterocycles. The van der Waals surface area contributed by atoms with Crippen molar-refractivity contribution in [2.75, 3.05) is 11.5 Å². The fourth-order valence-corrected chi connectivity index (χ4v) is 4.40. The van der Waals surface area contributed by atoms with E-state index < -0.39 is 15.4 Å². The van der Waals surface area contributed by atoms with Crippen LogP contribution in [0.25, 0.3) is 0 Å². The summed E-state index contributed by atoms with van der Waals surface area (Å²) >= 11 is 0. The molecule has 1 atom stereocenters. The summed E-state index contributed by atoms with van der Waals surface area (Å²) < 4.78 is 24.6. The van der Waals surface area contributed by atoms with E-state index in [0.29, 0.717) is 6.42 Å². The second kappa shape index (κ2) is 3.73. The van der Waals surface area contributed by atoms with Crippen molar-refractivity contribution in [3.8, 4) is 0 Å². The minimum absolute atomic E-state index is 0.0396. The van der Waals surface area contributed by atoms with E-state index in [2.05, 4.69) is 5.10 Å². The number of nitrogens with one attached hydrogen (secondary N) is 1. The van der Waals surface area contributed by atoms with Crippen LogP contribution in [0.3, 0.4) is 0 Å². The molecule has 2 heterocycles. The maximum atomic E-state index is 11.9. The Morgan fingerprint density at radius 2 is 2.12 bits per heavy atom. The molecule has 0 bridgehead atoms. The zero-order valence-corrected chi connectivity index (χ0v) is 11.2. The average Bonchev–Trinajstić information content (AvgIpc) is 2.69. The molecule has 1 fully saturated rings. The van der Waals surface area contributed by atoms with Gasteiger partial charge in [0.15, 0.2) is 9.84 Å². The molecule has 2 rings (SSSR count). The fraction of sp³-hybridized carbons (Fsp3) is 0.727. The summed E-state index contributed by atoms with van der Waals surface area (Å²) in [4.78, 5) is 11.9. The van der Waals surface area contributed by atoms with E-state index >= 15 is 0 Å². The van der Waals surface area contributed by atoms with Crippen LogP contribution in [-0.2, 0) is 15.4 Å². The number of rotatable bonds is 2. The predicted molar refractivity (Wildman–Crippen MR) is 66.1 cm³/mol. The van der Waals surface area contributed by atoms with Crippen LogP contribution in [0.2, 0.25) is 0 Å². The quantitative estimate of drug-likeness (QED) is 0.854. The molecule has 1 aliphatic heterocycles. The first kappa shape index (κ1) is 12.4. The van der Waals surface area contributed by atoms with E-state index in [9.17, 15) is 13.2 Å². The zero-order valence-electron chi connectivity index (χ0n) is 10.4. The molecule has 0 aliphatic carbocycles. The van der Waals surface area contributed by atoms with Crippen LogP contribution in [-0.4, -0.2) is 29.7 Å². The number of aromatic nitrogens is 2. The van der Waals surface area contributed by atoms with Crippen molar-refractivity contribution in [2.45, 2.75) is 38.6 Å². The van der Waals surface area contributed by atoms with Gasteiger partial charge in [-0.2, -0.15) is 0 Å². The normalized spacial score (nSPS) is 27.8. The third-order valence-corrected chi connectivity index (χ3v) is 5.27. The Morgan fingerprint density at radius 3 is 2.53 bits per heavy atom. The lowest BCUT2D eigenvalue weighted by molar-refractivity contribution is 0.317. The Hall–Kier alpha value is -1.04. The van der Waals surface area contributed by atoms with Crippen LogP contribution in [0.15, 0.2) is 10.9 Å². The first-order valence-electron chi connectivity index (χ1n) is 5.76. The predicted octanol–water partition coefficient (Wildman–Crippen LogP) is 0.834. The Kier molecular flexibility index (Phi) is 2.72. The Bertz CT molecular complexity index is 582. The molecule has 17 heavy (non-hydrogen) atoms. The smallest absolute Gasteiger partial charge is 0.267 e. The maximum Gasteiger partial charge on any atom is 0.267 e. The lowest BCUT2D eigenvalue weighted by Crippen LogP contribution is -2.38. The van der Waals surface area contributed by atoms with Gasteiger partial charge in [-0.3, -0.25) is 9.89 Å². The highest BCUT2D eigenvalue weighted by Crippen LogP contribution is 2.29. The molecule has 0 radical (unpaired) electrons. The van der Waals surface area contributed by atoms with Gasteiger partial charge in [0.2, 0.25) is 0 Å². The Labute approximate surface area is 101 Å². The Morgan fingerprint density at radius 1 is 1.47 bits per heavy atom. The summed E-state index contributed by atoms with van der Waals surface area (Å²) in [6.07, 6.45) is 0.493. The van der Waals surface area contributed by atoms with E-state index in [4.69, 9.17) is 0 Å². The topological polar surface area (TPSA) is 71.9 Å². The lowest BCUT2D eigenvalue weighted by Gasteiger charge is -2.23. The monoisotopic (exact) mass is 258 g/mol. The van der Waals surface area contributed by atoms with Gasteiger partial charge in [0.1, 0.15) is 0 Å². The number of nitrogens with zero attached hydrogens (tertiary/aromatic N) is 1. The third-order valence-electron chi connectivity index (χ3n) is 3.38. The summed E-state index contributed by atoms with van der Waals surface area (Å²) in [5.41, 5.74) is 0.0806. The first-order valence-corrected chi connectivity index (χ1v) is 7.58. The summed E-state index contributed by atoms with van der Waals surface area (Å²) in [6, 6.07) is 1.56. The van der Waals surface area contributed by atoms with Gasteiger partial charge < -0.3 is 0 Å². The zero-order chi connectivity index (χ0) is 12.8. The second-order valence-corrected chi connectivity index (χ2v) is 7.56. The van der Waals surface area contributed by atoms with E-state index in [0.717, 1.165) is 5.69 Å². The number of hydrogen-bond acceptors (Lipinski definition) is 3. The Balaban J connectivity index is 2.45. The molecule has 6 heteroatoms. The molecule has 5 nitrogen and oxygen atoms in total. The number of hydrogen-bond donors (Lipinski definition) is 1. The highest BCUT2D eigenvalue weighted by molar-refractivity contribution is 7.91. The SMILES string of the molecule is CC(C)c1cc(=O)n(C2(C)CCS(=O)(=O)C2)[nH]1. The van der Waals surface area contributed by atoms with Gasteiger partial charge in [-0.05, 0) is 19.3 Å². The molecule has 1 N–H and O–H groups in total. The minimum atomic E-state index is -3.01. The van der Waals surface area contributed by atoms with E-state index in [1.165, 1.54) is 4.68 Å². The summed E-state index contributed by atoms with van der Waals surface area (Å²) in [5.74, 6) is 0.426. The van der Waals surface area contributed by atoms with Gasteiger partial charge in [-0.15, -0.1) is 0 Å². The maximum absolute atomic E-state index is 11.9. The molecular formula is C11H18N2O3S. The summed E-state index contributed by atoms with van der Waals surface area (Å²) in [5, 5.41) is 3.04. The van der Waals surface area contributed by atoms with Gasteiger partial charge in [0.25, 0.3) is 5.56 Å². The molecule has 1 aromatic rings. The molecule has 1 aliphatic rings. The average molecular weight is 258 g/mol. The molecule has 96 valence electrons. The van der Waals surface area contributed by atoms with Crippen molar-refractivity contribution in [3.63, 3.8) is 0 Å². The van der Waals surface area contributed by atoms with Crippen molar-refractivity contribution in [1.82, 2.24) is 9.78 Å². The largest absolute Gasteiger partial charge is 0.299 e. The molecule has 1 unspecified atom stereocenters. The van der Waals surface area contributed by atoms with Gasteiger partial charge >= 0.3 is 0 Å². The molecule has 1 aromatic heterocycles. The number of H-pyrrole nitrogens is 1. The standard InChI is InChI=1S/C11H18N2O3S/c1-8(2)9-6-10(14)13(12-9)11(3)4-5-17(15,16)7-11/h6,8,12H,4-5,7H2,1-3H3. The van der Waals surface area contributed by atoms with Crippen molar-refractivity contribution in [3.05, 3.63) is 22.1 Å². The van der Waals surface area contributed by atoms with Crippen LogP contribution >= 0.6 is 0 Å². The van der Waals surface area contributed by atoms with Crippen molar-refractivity contribution >= 4 is 9.84 Å². The van der Waals surface area contributed by atoms with Gasteiger partial charge in [-0.25, -0.2) is 13.1 Å². The van der Waals surface area contributed by atoms with Crippen LogP contribution < -0.4 is 5.56 Å². The molecule has 0 amide bonds. The highest BCUT2D eigenvalue weighted by Gasteiger charge is 2.41. The van der Waals surface area contributed by atoms with Gasteiger partial charge in [-0.1, -0.05) is 13.8 Å². The van der Waals surface area contributed by atoms with Crippen LogP contribution in [0.1, 0.15) is 38.8 Å². The van der Waals surface area contributed by atoms with Gasteiger partial charge in [0.05, 0.1) is 17.0 Å². The second-order valence-electron chi connectivity index (χ2n) is 5.38. The van der Waals surface area contributed by atoms with E-state index in [1.807, 2.05) is 20.8 Å². The molecular weight excluding hydrogens is 240 g/mol. The van der Waals surface area contributed by atoms with E-state index in [1.54, 1.807) is 6.07 Å². The van der Waals surface area contributed by atoms with E-state index in [-0.39, 0.29) is 23.0 Å². The number of sulfone groups is 1. The third kappa shape index (κ3) is 2.18. The summed E-state index contributed by atoms with van der Waals surface area (Å²) in [7, 11) is -3.01. The van der Waals surface area contributed by atoms with Crippen molar-refractivity contribution in [2.24, 2.45) is 0 Å². The lowest BCUT2D eigenvalue weighted by atomic mass is 10.0. The summed E-state index contributed by atoms with van der Waals surface area (Å²) in [6.45, 7) is 5.80. The van der Waals surface area contributed by atoms with Crippen LogP contribution in [0.5, 0.6) is 0 Å². The van der Waals surface area contributed by atoms with Crippen molar-refractivity contribution in [1.29, 1.82) is 0 Å². The molecule has 0 saturated carbocycles. The fourth-order valence-electron chi connectivity index (χ4n) is 2.28. The van der Waals surface area contributed by atoms with Crippen molar-refractivity contribution < 1.29 is 8.42 Å². The molecule has 0 aromatic carbocycles. The molecule has 0 spiro atoms.